The number of nitrogens with zero attached hydrogens (tertiary/aromatic N) is 1. The molecule has 2 unspecified atom stereocenters. The zero-order valence-electron chi connectivity index (χ0n) is 10.8. The molecule has 0 radical (unpaired) electrons. The summed E-state index contributed by atoms with van der Waals surface area (Å²) < 4.78 is 0. The molecule has 0 saturated carbocycles. The van der Waals surface area contributed by atoms with E-state index in [4.69, 9.17) is 5.11 Å². The van der Waals surface area contributed by atoms with Crippen LogP contribution in [0.4, 0.5) is 0 Å². The molecule has 0 aliphatic carbocycles. The molecule has 5 heteroatoms. The first-order valence-electron chi connectivity index (χ1n) is 5.83. The van der Waals surface area contributed by atoms with Gasteiger partial charge in [0.1, 0.15) is 0 Å². The van der Waals surface area contributed by atoms with Crippen molar-refractivity contribution in [1.29, 1.82) is 0 Å². The molecule has 0 aromatic carbocycles. The molecule has 1 aliphatic heterocycles. The molecule has 102 valence electrons. The summed E-state index contributed by atoms with van der Waals surface area (Å²) in [5.74, 6) is -2.52. The van der Waals surface area contributed by atoms with E-state index in [0.29, 0.717) is 18.4 Å². The van der Waals surface area contributed by atoms with Crippen molar-refractivity contribution in [3.63, 3.8) is 0 Å². The topological polar surface area (TPSA) is 87.0 Å². The predicted octanol–water partition coefficient (Wildman–Crippen LogP) is 2.06. The number of dihydropyridines is 1. The van der Waals surface area contributed by atoms with E-state index in [2.05, 4.69) is 18.2 Å². The minimum atomic E-state index is -1.36. The third-order valence-corrected chi connectivity index (χ3v) is 3.18. The molecule has 0 aromatic heterocycles. The molecule has 0 bridgehead atoms. The van der Waals surface area contributed by atoms with Gasteiger partial charge in [-0.15, -0.1) is 13.2 Å². The molecule has 0 aromatic rings. The molecule has 1 rings (SSSR count). The van der Waals surface area contributed by atoms with E-state index in [1.54, 1.807) is 12.2 Å². The molecule has 5 nitrogen and oxygen atoms in total. The largest absolute Gasteiger partial charge is 0.479 e. The van der Waals surface area contributed by atoms with Crippen LogP contribution in [0.2, 0.25) is 0 Å². The Kier molecular flexibility index (Phi) is 4.43. The molecule has 0 saturated heterocycles. The fourth-order valence-corrected chi connectivity index (χ4v) is 2.26. The average molecular weight is 263 g/mol. The minimum Gasteiger partial charge on any atom is -0.479 e. The van der Waals surface area contributed by atoms with Crippen LogP contribution in [0.15, 0.2) is 41.4 Å². The number of carboxylic acids is 2. The Morgan fingerprint density at radius 1 is 1.42 bits per heavy atom. The van der Waals surface area contributed by atoms with Gasteiger partial charge in [0, 0.05) is 11.6 Å². The summed E-state index contributed by atoms with van der Waals surface area (Å²) in [5.41, 5.74) is -0.271. The Bertz CT molecular complexity index is 490. The van der Waals surface area contributed by atoms with Crippen LogP contribution in [-0.2, 0) is 9.59 Å². The van der Waals surface area contributed by atoms with Gasteiger partial charge in [0.25, 0.3) is 0 Å². The first-order valence-corrected chi connectivity index (χ1v) is 5.83. The molecule has 2 atom stereocenters. The van der Waals surface area contributed by atoms with Crippen LogP contribution in [-0.4, -0.2) is 34.4 Å². The van der Waals surface area contributed by atoms with Crippen LogP contribution in [0, 0.1) is 5.41 Å². The van der Waals surface area contributed by atoms with Gasteiger partial charge >= 0.3 is 11.9 Å². The summed E-state index contributed by atoms with van der Waals surface area (Å²) in [6.07, 6.45) is 5.54. The van der Waals surface area contributed by atoms with Crippen LogP contribution in [0.5, 0.6) is 0 Å². The second kappa shape index (κ2) is 5.65. The van der Waals surface area contributed by atoms with Gasteiger partial charge in [0.15, 0.2) is 6.04 Å². The maximum absolute atomic E-state index is 11.4. The Labute approximate surface area is 111 Å². The van der Waals surface area contributed by atoms with Crippen LogP contribution in [0.1, 0.15) is 19.8 Å². The highest BCUT2D eigenvalue weighted by Crippen LogP contribution is 2.39. The molecule has 19 heavy (non-hydrogen) atoms. The molecule has 0 spiro atoms. The van der Waals surface area contributed by atoms with Crippen molar-refractivity contribution in [1.82, 2.24) is 0 Å². The fraction of sp³-hybridized carbons (Fsp3) is 0.357. The summed E-state index contributed by atoms with van der Waals surface area (Å²) >= 11 is 0. The average Bonchev–Trinajstić information content (AvgIpc) is 2.31. The number of carbonyl (C=O) groups is 2. The maximum Gasteiger partial charge on any atom is 0.334 e. The van der Waals surface area contributed by atoms with E-state index in [1.165, 1.54) is 6.21 Å². The van der Waals surface area contributed by atoms with Gasteiger partial charge in [-0.2, -0.15) is 0 Å². The van der Waals surface area contributed by atoms with Crippen molar-refractivity contribution >= 4 is 18.2 Å². The predicted molar refractivity (Wildman–Crippen MR) is 72.3 cm³/mol. The lowest BCUT2D eigenvalue weighted by atomic mass is 9.73. The summed E-state index contributed by atoms with van der Waals surface area (Å²) in [5, 5.41) is 18.4. The SMILES string of the molecule is C=CCC1=C(C(=O)O)C(C(=O)O)N=CC1(C)CC=C. The van der Waals surface area contributed by atoms with Crippen LogP contribution >= 0.6 is 0 Å². The van der Waals surface area contributed by atoms with E-state index < -0.39 is 23.4 Å². The number of aliphatic imine (C=N–C) groups is 1. The van der Waals surface area contributed by atoms with Crippen molar-refractivity contribution in [2.24, 2.45) is 10.4 Å². The molecule has 1 aliphatic rings. The highest BCUT2D eigenvalue weighted by Gasteiger charge is 2.39. The Balaban J connectivity index is 3.46. The van der Waals surface area contributed by atoms with Gasteiger partial charge in [0.2, 0.25) is 0 Å². The normalized spacial score (nSPS) is 26.1. The van der Waals surface area contributed by atoms with Crippen molar-refractivity contribution in [3.05, 3.63) is 36.5 Å². The third kappa shape index (κ3) is 2.81. The molecule has 2 N–H and O–H groups in total. The van der Waals surface area contributed by atoms with E-state index >= 15 is 0 Å². The van der Waals surface area contributed by atoms with Gasteiger partial charge in [-0.05, 0) is 18.4 Å². The number of carboxylic acid groups (broad SMARTS) is 2. The molecule has 0 fully saturated rings. The number of hydrogen-bond acceptors (Lipinski definition) is 3. The van der Waals surface area contributed by atoms with E-state index in [9.17, 15) is 14.7 Å². The summed E-state index contributed by atoms with van der Waals surface area (Å²) in [7, 11) is 0. The second-order valence-electron chi connectivity index (χ2n) is 4.62. The van der Waals surface area contributed by atoms with Crippen LogP contribution in [0.25, 0.3) is 0 Å². The Hall–Kier alpha value is -2.17. The lowest BCUT2D eigenvalue weighted by molar-refractivity contribution is -0.141. The van der Waals surface area contributed by atoms with E-state index in [-0.39, 0.29) is 5.57 Å². The van der Waals surface area contributed by atoms with Crippen molar-refractivity contribution in [3.8, 4) is 0 Å². The summed E-state index contributed by atoms with van der Waals surface area (Å²) in [6, 6.07) is -1.36. The lowest BCUT2D eigenvalue weighted by Crippen LogP contribution is -2.36. The highest BCUT2D eigenvalue weighted by atomic mass is 16.4. The quantitative estimate of drug-likeness (QED) is 0.718. The minimum absolute atomic E-state index is 0.167. The lowest BCUT2D eigenvalue weighted by Gasteiger charge is -2.33. The Morgan fingerprint density at radius 3 is 2.47 bits per heavy atom. The van der Waals surface area contributed by atoms with E-state index in [0.717, 1.165) is 0 Å². The monoisotopic (exact) mass is 263 g/mol. The zero-order valence-corrected chi connectivity index (χ0v) is 10.8. The number of rotatable bonds is 6. The number of aliphatic carboxylic acids is 2. The first kappa shape index (κ1) is 14.9. The van der Waals surface area contributed by atoms with Crippen LogP contribution in [0.3, 0.4) is 0 Å². The van der Waals surface area contributed by atoms with Gasteiger partial charge in [-0.3, -0.25) is 4.99 Å². The highest BCUT2D eigenvalue weighted by molar-refractivity contribution is 6.00. The van der Waals surface area contributed by atoms with E-state index in [1.807, 2.05) is 6.92 Å². The maximum atomic E-state index is 11.4. The van der Waals surface area contributed by atoms with Crippen molar-refractivity contribution in [2.45, 2.75) is 25.8 Å². The van der Waals surface area contributed by atoms with Crippen LogP contribution < -0.4 is 0 Å². The van der Waals surface area contributed by atoms with Gasteiger partial charge < -0.3 is 10.2 Å². The summed E-state index contributed by atoms with van der Waals surface area (Å²) in [4.78, 5) is 26.4. The summed E-state index contributed by atoms with van der Waals surface area (Å²) in [6.45, 7) is 9.06. The zero-order chi connectivity index (χ0) is 14.6. The van der Waals surface area contributed by atoms with Crippen molar-refractivity contribution in [2.75, 3.05) is 0 Å². The first-order chi connectivity index (χ1) is 8.87. The molecule has 0 amide bonds. The standard InChI is InChI=1S/C14H17NO4/c1-4-6-9-10(12(16)17)11(13(18)19)15-8-14(9,3)7-5-2/h4-5,8,11H,1-2,6-7H2,3H3,(H,16,17)(H,18,19). The smallest absolute Gasteiger partial charge is 0.334 e. The van der Waals surface area contributed by atoms with Gasteiger partial charge in [-0.1, -0.05) is 19.1 Å². The second-order valence-corrected chi connectivity index (χ2v) is 4.62. The number of allylic oxidation sites excluding steroid dienone is 3. The third-order valence-electron chi connectivity index (χ3n) is 3.18. The fourth-order valence-electron chi connectivity index (χ4n) is 2.26. The molecular formula is C14H17NO4. The molecule has 1 heterocycles. The molecular weight excluding hydrogens is 246 g/mol. The number of hydrogen-bond donors (Lipinski definition) is 2. The van der Waals surface area contributed by atoms with Gasteiger partial charge in [0.05, 0.1) is 5.57 Å². The van der Waals surface area contributed by atoms with Crippen molar-refractivity contribution < 1.29 is 19.8 Å². The van der Waals surface area contributed by atoms with Gasteiger partial charge in [-0.25, -0.2) is 9.59 Å². The Morgan fingerprint density at radius 2 is 2.05 bits per heavy atom.